The van der Waals surface area contributed by atoms with Crippen LogP contribution in [0.3, 0.4) is 0 Å². The van der Waals surface area contributed by atoms with Gasteiger partial charge in [0.25, 0.3) is 7.82 Å². The van der Waals surface area contributed by atoms with Gasteiger partial charge in [0.1, 0.15) is 19.3 Å². The number of phosphoric ester groups is 1. The number of hydrogen-bond acceptors (Lipinski definition) is 7. The average molecular weight is 1070 g/mol. The lowest BCUT2D eigenvalue weighted by Gasteiger charge is -2.30. The number of nitrogens with zero attached hydrogens (tertiary/aromatic N) is 1. The molecule has 75 heavy (non-hydrogen) atoms. The number of carbonyl (C=O) groups is 2. The fourth-order valence-electron chi connectivity index (χ4n) is 8.99. The standard InChI is InChI=1S/C65H121N2O7P/c1-7-10-13-16-19-22-25-27-29-31-32-33-34-36-38-40-43-46-49-52-55-58-65(69)74-63(56-53-50-47-44-41-24-21-18-15-12-9-3)62(61-73-75(70,71)72-60-59-67(4,5)6)66-64(68)57-54-51-48-45-42-39-37-35-30-28-26-23-20-17-14-11-8-2/h19,22,27-30,32-33,53,56,62-63H,7-18,20-21,23-26,31,34-52,54-55,57-61H2,1-6H3,(H-,66,68,70,71)/b22-19-,29-27-,30-28+,33-32-,56-53+. The van der Waals surface area contributed by atoms with Gasteiger partial charge in [0.05, 0.1) is 33.8 Å². The molecule has 0 aromatic heterocycles. The van der Waals surface area contributed by atoms with E-state index < -0.39 is 26.6 Å². The van der Waals surface area contributed by atoms with Gasteiger partial charge in [0.15, 0.2) is 0 Å². The third-order valence-corrected chi connectivity index (χ3v) is 14.9. The van der Waals surface area contributed by atoms with Crippen molar-refractivity contribution in [2.75, 3.05) is 40.9 Å². The smallest absolute Gasteiger partial charge is 0.306 e. The third-order valence-electron chi connectivity index (χ3n) is 13.9. The highest BCUT2D eigenvalue weighted by Gasteiger charge is 2.27. The maximum absolute atomic E-state index is 13.5. The Morgan fingerprint density at radius 3 is 1.25 bits per heavy atom. The van der Waals surface area contributed by atoms with Crippen molar-refractivity contribution in [2.45, 2.75) is 303 Å². The molecule has 3 unspecified atom stereocenters. The molecule has 0 aromatic rings. The summed E-state index contributed by atoms with van der Waals surface area (Å²) in [5.41, 5.74) is 0. The van der Waals surface area contributed by atoms with Crippen molar-refractivity contribution in [3.05, 3.63) is 60.8 Å². The molecule has 0 bridgehead atoms. The van der Waals surface area contributed by atoms with Gasteiger partial charge in [-0.3, -0.25) is 14.2 Å². The first kappa shape index (κ1) is 72.7. The molecule has 0 radical (unpaired) electrons. The number of esters is 1. The van der Waals surface area contributed by atoms with Crippen LogP contribution in [0.1, 0.15) is 290 Å². The second-order valence-electron chi connectivity index (χ2n) is 22.6. The van der Waals surface area contributed by atoms with E-state index in [1.54, 1.807) is 0 Å². The Balaban J connectivity index is 5.21. The monoisotopic (exact) mass is 1070 g/mol. The van der Waals surface area contributed by atoms with Crippen LogP contribution in [0.2, 0.25) is 0 Å². The van der Waals surface area contributed by atoms with Gasteiger partial charge < -0.3 is 28.5 Å². The van der Waals surface area contributed by atoms with Crippen LogP contribution in [-0.2, 0) is 27.9 Å². The minimum Gasteiger partial charge on any atom is -0.756 e. The number of rotatable bonds is 57. The second-order valence-corrected chi connectivity index (χ2v) is 24.0. The number of phosphoric acid groups is 1. The van der Waals surface area contributed by atoms with Crippen LogP contribution in [0.15, 0.2) is 60.8 Å². The van der Waals surface area contributed by atoms with E-state index in [-0.39, 0.29) is 24.9 Å². The summed E-state index contributed by atoms with van der Waals surface area (Å²) in [4.78, 5) is 40.0. The van der Waals surface area contributed by atoms with Crippen molar-refractivity contribution in [3.8, 4) is 0 Å². The number of carbonyl (C=O) groups excluding carboxylic acids is 2. The molecule has 0 saturated carbocycles. The summed E-state index contributed by atoms with van der Waals surface area (Å²) in [7, 11) is 1.18. The molecule has 0 saturated heterocycles. The van der Waals surface area contributed by atoms with Crippen LogP contribution in [-0.4, -0.2) is 69.4 Å². The van der Waals surface area contributed by atoms with Crippen LogP contribution in [0.25, 0.3) is 0 Å². The van der Waals surface area contributed by atoms with Crippen LogP contribution in [0, 0.1) is 0 Å². The SMILES string of the molecule is CCCCC/C=C\C/C=C\C/C=C\CCCCCCCCCCC(=O)OC(/C=C/CCCCCCCCCCC)C(COP(=O)([O-])OCC[N+](C)(C)C)NC(=O)CCCCCCCCC/C=C/CCCCCCCC. The summed E-state index contributed by atoms with van der Waals surface area (Å²) >= 11 is 0. The van der Waals surface area contributed by atoms with Crippen molar-refractivity contribution in [3.63, 3.8) is 0 Å². The number of allylic oxidation sites excluding steroid dienone is 9. The van der Waals surface area contributed by atoms with Crippen molar-refractivity contribution < 1.29 is 37.3 Å². The molecule has 1 amide bonds. The normalized spacial score (nSPS) is 14.1. The summed E-state index contributed by atoms with van der Waals surface area (Å²) in [6.45, 7) is 6.81. The fraction of sp³-hybridized carbons (Fsp3) is 0.815. The molecule has 438 valence electrons. The zero-order valence-corrected chi connectivity index (χ0v) is 50.9. The van der Waals surface area contributed by atoms with Gasteiger partial charge in [-0.15, -0.1) is 0 Å². The Bertz CT molecular complexity index is 1470. The zero-order valence-electron chi connectivity index (χ0n) is 50.0. The van der Waals surface area contributed by atoms with Crippen molar-refractivity contribution in [1.29, 1.82) is 0 Å². The van der Waals surface area contributed by atoms with E-state index in [1.165, 1.54) is 161 Å². The Morgan fingerprint density at radius 1 is 0.467 bits per heavy atom. The zero-order chi connectivity index (χ0) is 55.0. The lowest BCUT2D eigenvalue weighted by atomic mass is 10.0. The summed E-state index contributed by atoms with van der Waals surface area (Å²) in [5.74, 6) is -0.549. The predicted molar refractivity (Wildman–Crippen MR) is 321 cm³/mol. The summed E-state index contributed by atoms with van der Waals surface area (Å²) < 4.78 is 30.3. The topological polar surface area (TPSA) is 114 Å². The predicted octanol–water partition coefficient (Wildman–Crippen LogP) is 18.8. The summed E-state index contributed by atoms with van der Waals surface area (Å²) in [6.07, 6.45) is 69.0. The third kappa shape index (κ3) is 56.2. The quantitative estimate of drug-likeness (QED) is 0.0212. The minimum atomic E-state index is -4.70. The first-order valence-corrected chi connectivity index (χ1v) is 33.1. The Kier molecular flexibility index (Phi) is 53.4. The number of ether oxygens (including phenoxy) is 1. The van der Waals surface area contributed by atoms with Gasteiger partial charge in [-0.25, -0.2) is 0 Å². The molecule has 0 aromatic carbocycles. The van der Waals surface area contributed by atoms with Gasteiger partial charge in [-0.05, 0) is 96.0 Å². The summed E-state index contributed by atoms with van der Waals surface area (Å²) in [6, 6.07) is -0.894. The Labute approximate surface area is 464 Å². The van der Waals surface area contributed by atoms with Crippen LogP contribution in [0.5, 0.6) is 0 Å². The molecular weight excluding hydrogens is 952 g/mol. The molecular formula is C65H121N2O7P. The first-order valence-electron chi connectivity index (χ1n) is 31.6. The Morgan fingerprint density at radius 2 is 0.813 bits per heavy atom. The van der Waals surface area contributed by atoms with E-state index in [1.807, 2.05) is 33.3 Å². The second kappa shape index (κ2) is 55.0. The van der Waals surface area contributed by atoms with E-state index in [0.717, 1.165) is 96.3 Å². The van der Waals surface area contributed by atoms with Crippen molar-refractivity contribution in [1.82, 2.24) is 5.32 Å². The number of nitrogens with one attached hydrogen (secondary N) is 1. The molecule has 0 aliphatic carbocycles. The lowest BCUT2D eigenvalue weighted by molar-refractivity contribution is -0.870. The van der Waals surface area contributed by atoms with Gasteiger partial charge in [0, 0.05) is 12.8 Å². The van der Waals surface area contributed by atoms with E-state index in [9.17, 15) is 19.0 Å². The number of quaternary nitrogens is 1. The number of hydrogen-bond donors (Lipinski definition) is 1. The number of amides is 1. The highest BCUT2D eigenvalue weighted by Crippen LogP contribution is 2.38. The van der Waals surface area contributed by atoms with Crippen molar-refractivity contribution in [2.24, 2.45) is 0 Å². The van der Waals surface area contributed by atoms with Gasteiger partial charge in [0.2, 0.25) is 5.91 Å². The fourth-order valence-corrected chi connectivity index (χ4v) is 9.72. The molecule has 0 aliphatic heterocycles. The molecule has 1 N–H and O–H groups in total. The summed E-state index contributed by atoms with van der Waals surface area (Å²) in [5, 5.41) is 3.03. The molecule has 0 aliphatic rings. The number of unbranched alkanes of at least 4 members (excludes halogenated alkanes) is 33. The minimum absolute atomic E-state index is 0.0252. The van der Waals surface area contributed by atoms with Crippen LogP contribution < -0.4 is 10.2 Å². The molecule has 3 atom stereocenters. The maximum Gasteiger partial charge on any atom is 0.306 e. The largest absolute Gasteiger partial charge is 0.756 e. The highest BCUT2D eigenvalue weighted by atomic mass is 31.2. The first-order chi connectivity index (χ1) is 36.4. The average Bonchev–Trinajstić information content (AvgIpc) is 3.37. The van der Waals surface area contributed by atoms with Crippen LogP contribution >= 0.6 is 7.82 Å². The number of likely N-dealkylation sites (N-methyl/N-ethyl adjacent to an activating group) is 1. The van der Waals surface area contributed by atoms with E-state index in [4.69, 9.17) is 13.8 Å². The van der Waals surface area contributed by atoms with E-state index in [0.29, 0.717) is 17.4 Å². The highest BCUT2D eigenvalue weighted by molar-refractivity contribution is 7.45. The molecule has 10 heteroatoms. The van der Waals surface area contributed by atoms with Gasteiger partial charge in [-0.2, -0.15) is 0 Å². The molecule has 0 spiro atoms. The molecule has 0 fully saturated rings. The van der Waals surface area contributed by atoms with Gasteiger partial charge in [-0.1, -0.05) is 242 Å². The maximum atomic E-state index is 13.5. The van der Waals surface area contributed by atoms with E-state index in [2.05, 4.69) is 74.7 Å². The van der Waals surface area contributed by atoms with Gasteiger partial charge >= 0.3 is 5.97 Å². The molecule has 0 heterocycles. The molecule has 0 rings (SSSR count). The van der Waals surface area contributed by atoms with E-state index >= 15 is 0 Å². The van der Waals surface area contributed by atoms with Crippen molar-refractivity contribution >= 4 is 19.7 Å². The Hall–Kier alpha value is -2.29. The lowest BCUT2D eigenvalue weighted by Crippen LogP contribution is -2.47. The molecule has 9 nitrogen and oxygen atoms in total. The van der Waals surface area contributed by atoms with Crippen LogP contribution in [0.4, 0.5) is 0 Å².